The Morgan fingerprint density at radius 1 is 1.44 bits per heavy atom. The molecular weight excluding hydrogens is 152 g/mol. The van der Waals surface area contributed by atoms with Gasteiger partial charge in [-0.05, 0) is 6.42 Å². The van der Waals surface area contributed by atoms with Gasteiger partial charge in [0.1, 0.15) is 0 Å². The predicted molar refractivity (Wildman–Crippen MR) is 44.7 cm³/mol. The highest BCUT2D eigenvalue weighted by atomic mass is 32.2. The molecule has 1 rings (SSSR count). The molecule has 0 radical (unpaired) electrons. The Labute approximate surface area is 63.9 Å². The maximum absolute atomic E-state index is 8.46. The highest BCUT2D eigenvalue weighted by molar-refractivity contribution is 8.25. The molecule has 1 nitrogen and oxygen atoms in total. The topological polar surface area (TPSA) is 20.2 Å². The molecule has 1 fully saturated rings. The standard InChI is InChI=1S/C6H10OS2/c7-3-1-2-6-8-4-5-9-6/h2,7H,1,3-5H2. The number of aliphatic hydroxyl groups excluding tert-OH is 1. The third kappa shape index (κ3) is 2.65. The summed E-state index contributed by atoms with van der Waals surface area (Å²) >= 11 is 3.79. The van der Waals surface area contributed by atoms with Crippen molar-refractivity contribution >= 4 is 23.5 Å². The average Bonchev–Trinajstić information content (AvgIpc) is 2.34. The highest BCUT2D eigenvalue weighted by Crippen LogP contribution is 2.35. The van der Waals surface area contributed by atoms with Gasteiger partial charge in [0.2, 0.25) is 0 Å². The van der Waals surface area contributed by atoms with E-state index >= 15 is 0 Å². The maximum atomic E-state index is 8.46. The van der Waals surface area contributed by atoms with Crippen LogP contribution in [0.2, 0.25) is 0 Å². The van der Waals surface area contributed by atoms with Crippen LogP contribution >= 0.6 is 23.5 Å². The molecular formula is C6H10OS2. The molecule has 52 valence electrons. The van der Waals surface area contributed by atoms with E-state index in [1.807, 2.05) is 23.5 Å². The molecule has 0 bridgehead atoms. The van der Waals surface area contributed by atoms with Gasteiger partial charge in [-0.25, -0.2) is 0 Å². The van der Waals surface area contributed by atoms with Crippen LogP contribution in [0.1, 0.15) is 6.42 Å². The smallest absolute Gasteiger partial charge is 0.0466 e. The average molecular weight is 162 g/mol. The summed E-state index contributed by atoms with van der Waals surface area (Å²) in [6.07, 6.45) is 2.93. The second kappa shape index (κ2) is 4.25. The monoisotopic (exact) mass is 162 g/mol. The molecule has 1 aliphatic rings. The van der Waals surface area contributed by atoms with Gasteiger partial charge in [0, 0.05) is 22.3 Å². The first-order valence-corrected chi connectivity index (χ1v) is 4.97. The van der Waals surface area contributed by atoms with Crippen LogP contribution in [-0.4, -0.2) is 23.2 Å². The SMILES string of the molecule is OCCC=C1SCCS1. The zero-order valence-corrected chi connectivity index (χ0v) is 6.80. The minimum absolute atomic E-state index is 0.282. The van der Waals surface area contributed by atoms with Gasteiger partial charge in [0.15, 0.2) is 0 Å². The Balaban J connectivity index is 2.22. The molecule has 0 amide bonds. The Morgan fingerprint density at radius 2 is 2.11 bits per heavy atom. The van der Waals surface area contributed by atoms with E-state index in [9.17, 15) is 0 Å². The van der Waals surface area contributed by atoms with E-state index in [-0.39, 0.29) is 6.61 Å². The molecule has 1 saturated heterocycles. The lowest BCUT2D eigenvalue weighted by atomic mass is 10.5. The van der Waals surface area contributed by atoms with Gasteiger partial charge in [0.05, 0.1) is 0 Å². The lowest BCUT2D eigenvalue weighted by molar-refractivity contribution is 0.302. The number of rotatable bonds is 2. The summed E-state index contributed by atoms with van der Waals surface area (Å²) in [4.78, 5) is 0. The van der Waals surface area contributed by atoms with Crippen molar-refractivity contribution in [1.29, 1.82) is 0 Å². The van der Waals surface area contributed by atoms with Crippen molar-refractivity contribution in [2.24, 2.45) is 0 Å². The zero-order chi connectivity index (χ0) is 6.53. The fourth-order valence-corrected chi connectivity index (χ4v) is 3.00. The van der Waals surface area contributed by atoms with Crippen LogP contribution < -0.4 is 0 Å². The van der Waals surface area contributed by atoms with Gasteiger partial charge in [-0.3, -0.25) is 0 Å². The van der Waals surface area contributed by atoms with E-state index < -0.39 is 0 Å². The van der Waals surface area contributed by atoms with Crippen molar-refractivity contribution < 1.29 is 5.11 Å². The summed E-state index contributed by atoms with van der Waals surface area (Å²) in [5.41, 5.74) is 0. The van der Waals surface area contributed by atoms with E-state index in [1.54, 1.807) is 0 Å². The lowest BCUT2D eigenvalue weighted by Crippen LogP contribution is -1.75. The van der Waals surface area contributed by atoms with Crippen molar-refractivity contribution in [1.82, 2.24) is 0 Å². The molecule has 1 aliphatic heterocycles. The number of thioether (sulfide) groups is 2. The molecule has 1 N–H and O–H groups in total. The molecule has 3 heteroatoms. The van der Waals surface area contributed by atoms with E-state index in [4.69, 9.17) is 5.11 Å². The van der Waals surface area contributed by atoms with Crippen LogP contribution in [0, 0.1) is 0 Å². The van der Waals surface area contributed by atoms with Crippen LogP contribution in [0.25, 0.3) is 0 Å². The van der Waals surface area contributed by atoms with E-state index in [1.165, 1.54) is 15.7 Å². The van der Waals surface area contributed by atoms with Gasteiger partial charge in [-0.15, -0.1) is 23.5 Å². The summed E-state index contributed by atoms with van der Waals surface area (Å²) in [6.45, 7) is 0.282. The van der Waals surface area contributed by atoms with Crippen LogP contribution in [-0.2, 0) is 0 Å². The van der Waals surface area contributed by atoms with Crippen molar-refractivity contribution in [3.63, 3.8) is 0 Å². The Hall–Kier alpha value is 0.400. The third-order valence-electron chi connectivity index (χ3n) is 1.01. The first-order chi connectivity index (χ1) is 4.43. The van der Waals surface area contributed by atoms with Crippen LogP contribution in [0.3, 0.4) is 0 Å². The fraction of sp³-hybridized carbons (Fsp3) is 0.667. The molecule has 1 heterocycles. The molecule has 0 unspecified atom stereocenters. The second-order valence-corrected chi connectivity index (χ2v) is 4.26. The Bertz CT molecular complexity index is 104. The van der Waals surface area contributed by atoms with Crippen molar-refractivity contribution in [2.75, 3.05) is 18.1 Å². The molecule has 0 spiro atoms. The maximum Gasteiger partial charge on any atom is 0.0466 e. The van der Waals surface area contributed by atoms with Crippen molar-refractivity contribution in [2.45, 2.75) is 6.42 Å². The molecule has 0 aliphatic carbocycles. The van der Waals surface area contributed by atoms with Gasteiger partial charge in [-0.1, -0.05) is 6.08 Å². The number of hydrogen-bond acceptors (Lipinski definition) is 3. The summed E-state index contributed by atoms with van der Waals surface area (Å²) in [7, 11) is 0. The largest absolute Gasteiger partial charge is 0.396 e. The predicted octanol–water partition coefficient (Wildman–Crippen LogP) is 1.69. The first-order valence-electron chi connectivity index (χ1n) is 3.00. The van der Waals surface area contributed by atoms with Crippen LogP contribution in [0.4, 0.5) is 0 Å². The first kappa shape index (κ1) is 7.51. The minimum atomic E-state index is 0.282. The van der Waals surface area contributed by atoms with Crippen LogP contribution in [0.5, 0.6) is 0 Å². The highest BCUT2D eigenvalue weighted by Gasteiger charge is 2.05. The normalized spacial score (nSPS) is 18.6. The third-order valence-corrected chi connectivity index (χ3v) is 3.70. The molecule has 0 saturated carbocycles. The summed E-state index contributed by atoms with van der Waals surface area (Å²) in [5.74, 6) is 2.48. The second-order valence-electron chi connectivity index (χ2n) is 1.73. The molecule has 0 aromatic heterocycles. The molecule has 0 atom stereocenters. The Morgan fingerprint density at radius 3 is 2.67 bits per heavy atom. The molecule has 9 heavy (non-hydrogen) atoms. The van der Waals surface area contributed by atoms with Gasteiger partial charge in [0.25, 0.3) is 0 Å². The molecule has 0 aromatic carbocycles. The van der Waals surface area contributed by atoms with Gasteiger partial charge >= 0.3 is 0 Å². The minimum Gasteiger partial charge on any atom is -0.396 e. The van der Waals surface area contributed by atoms with Crippen molar-refractivity contribution in [3.05, 3.63) is 10.3 Å². The van der Waals surface area contributed by atoms with E-state index in [2.05, 4.69) is 6.08 Å². The van der Waals surface area contributed by atoms with Crippen LogP contribution in [0.15, 0.2) is 10.3 Å². The summed E-state index contributed by atoms with van der Waals surface area (Å²) in [6, 6.07) is 0. The Kier molecular flexibility index (Phi) is 3.55. The molecule has 0 aromatic rings. The number of hydrogen-bond donors (Lipinski definition) is 1. The van der Waals surface area contributed by atoms with Gasteiger partial charge < -0.3 is 5.11 Å². The quantitative estimate of drug-likeness (QED) is 0.667. The van der Waals surface area contributed by atoms with Gasteiger partial charge in [-0.2, -0.15) is 0 Å². The summed E-state index contributed by atoms with van der Waals surface area (Å²) in [5, 5.41) is 8.46. The van der Waals surface area contributed by atoms with E-state index in [0.29, 0.717) is 0 Å². The van der Waals surface area contributed by atoms with Crippen molar-refractivity contribution in [3.8, 4) is 0 Å². The summed E-state index contributed by atoms with van der Waals surface area (Å²) < 4.78 is 1.39. The number of aliphatic hydroxyl groups is 1. The lowest BCUT2D eigenvalue weighted by Gasteiger charge is -1.90. The fourth-order valence-electron chi connectivity index (χ4n) is 0.626. The van der Waals surface area contributed by atoms with E-state index in [0.717, 1.165) is 6.42 Å². The zero-order valence-electron chi connectivity index (χ0n) is 5.17.